The summed E-state index contributed by atoms with van der Waals surface area (Å²) in [5.41, 5.74) is 1.47. The second-order valence-electron chi connectivity index (χ2n) is 3.47. The van der Waals surface area contributed by atoms with Crippen LogP contribution in [-0.2, 0) is 6.42 Å². The summed E-state index contributed by atoms with van der Waals surface area (Å²) in [5.74, 6) is 0.980. The first-order valence-corrected chi connectivity index (χ1v) is 6.35. The van der Waals surface area contributed by atoms with Crippen LogP contribution in [0.4, 0.5) is 0 Å². The van der Waals surface area contributed by atoms with Gasteiger partial charge in [-0.1, -0.05) is 18.2 Å². The molecule has 0 spiro atoms. The van der Waals surface area contributed by atoms with Crippen LogP contribution in [0.1, 0.15) is 16.9 Å². The van der Waals surface area contributed by atoms with Crippen LogP contribution in [0.25, 0.3) is 10.1 Å². The lowest BCUT2D eigenvalue weighted by molar-refractivity contribution is 0.949. The van der Waals surface area contributed by atoms with Crippen LogP contribution in [0.15, 0.2) is 24.3 Å². The maximum atomic E-state index is 4.25. The minimum atomic E-state index is 0.980. The summed E-state index contributed by atoms with van der Waals surface area (Å²) in [4.78, 5) is 1.53. The zero-order valence-electron chi connectivity index (χ0n) is 8.29. The molecule has 0 saturated heterocycles. The molecule has 1 aromatic carbocycles. The Kier molecular flexibility index (Phi) is 3.14. The quantitative estimate of drug-likeness (QED) is 0.744. The summed E-state index contributed by atoms with van der Waals surface area (Å²) >= 11 is 6.18. The van der Waals surface area contributed by atoms with Gasteiger partial charge in [-0.2, -0.15) is 12.6 Å². The molecule has 14 heavy (non-hydrogen) atoms. The van der Waals surface area contributed by atoms with Crippen molar-refractivity contribution in [1.29, 1.82) is 0 Å². The second-order valence-corrected chi connectivity index (χ2v) is 5.06. The smallest absolute Gasteiger partial charge is 0.0348 e. The van der Waals surface area contributed by atoms with E-state index in [1.165, 1.54) is 33.4 Å². The zero-order valence-corrected chi connectivity index (χ0v) is 10.00. The topological polar surface area (TPSA) is 0 Å². The third-order valence-corrected chi connectivity index (χ3v) is 4.15. The minimum absolute atomic E-state index is 0.980. The zero-order chi connectivity index (χ0) is 9.97. The van der Waals surface area contributed by atoms with Crippen LogP contribution < -0.4 is 0 Å². The van der Waals surface area contributed by atoms with E-state index in [9.17, 15) is 0 Å². The standard InChI is InChI=1S/C12H14S2/c1-9-10-5-2-3-6-12(10)14-11(9)7-4-8-13/h2-3,5-6,13H,4,7-8H2,1H3. The molecule has 2 heteroatoms. The molecule has 74 valence electrons. The lowest BCUT2D eigenvalue weighted by Gasteiger charge is -1.96. The van der Waals surface area contributed by atoms with E-state index in [0.717, 1.165) is 5.75 Å². The molecule has 1 aromatic heterocycles. The van der Waals surface area contributed by atoms with Crippen LogP contribution >= 0.6 is 24.0 Å². The maximum Gasteiger partial charge on any atom is 0.0348 e. The van der Waals surface area contributed by atoms with Crippen molar-refractivity contribution in [2.75, 3.05) is 5.75 Å². The van der Waals surface area contributed by atoms with Crippen molar-refractivity contribution in [3.8, 4) is 0 Å². The molecular weight excluding hydrogens is 208 g/mol. The summed E-state index contributed by atoms with van der Waals surface area (Å²) in [6, 6.07) is 8.65. The van der Waals surface area contributed by atoms with Gasteiger partial charge in [0.15, 0.2) is 0 Å². The number of thiol groups is 1. The summed E-state index contributed by atoms with van der Waals surface area (Å²) < 4.78 is 1.42. The lowest BCUT2D eigenvalue weighted by Crippen LogP contribution is -1.84. The fraction of sp³-hybridized carbons (Fsp3) is 0.333. The molecule has 2 rings (SSSR count). The first kappa shape index (κ1) is 10.1. The fourth-order valence-electron chi connectivity index (χ4n) is 1.70. The summed E-state index contributed by atoms with van der Waals surface area (Å²) in [6.45, 7) is 2.23. The Hall–Kier alpha value is -0.470. The normalized spacial score (nSPS) is 11.0. The highest BCUT2D eigenvalue weighted by Crippen LogP contribution is 2.31. The van der Waals surface area contributed by atoms with E-state index < -0.39 is 0 Å². The first-order chi connectivity index (χ1) is 6.83. The fourth-order valence-corrected chi connectivity index (χ4v) is 3.11. The third kappa shape index (κ3) is 1.82. The highest BCUT2D eigenvalue weighted by atomic mass is 32.1. The van der Waals surface area contributed by atoms with E-state index in [4.69, 9.17) is 0 Å². The Bertz CT molecular complexity index is 429. The Balaban J connectivity index is 2.41. The molecule has 0 aliphatic carbocycles. The van der Waals surface area contributed by atoms with Gasteiger partial charge in [0.05, 0.1) is 0 Å². The van der Waals surface area contributed by atoms with Gasteiger partial charge in [0.1, 0.15) is 0 Å². The SMILES string of the molecule is Cc1c(CCCS)sc2ccccc12. The molecule has 0 atom stereocenters. The molecule has 0 bridgehead atoms. The first-order valence-electron chi connectivity index (χ1n) is 4.91. The van der Waals surface area contributed by atoms with E-state index in [0.29, 0.717) is 0 Å². The number of hydrogen-bond acceptors (Lipinski definition) is 2. The molecule has 0 radical (unpaired) electrons. The molecular formula is C12H14S2. The molecule has 1 heterocycles. The van der Waals surface area contributed by atoms with Gasteiger partial charge in [-0.3, -0.25) is 0 Å². The van der Waals surface area contributed by atoms with Crippen molar-refractivity contribution in [2.45, 2.75) is 19.8 Å². The Morgan fingerprint density at radius 2 is 2.07 bits per heavy atom. The van der Waals surface area contributed by atoms with E-state index in [2.05, 4.69) is 43.8 Å². The van der Waals surface area contributed by atoms with Gasteiger partial charge < -0.3 is 0 Å². The monoisotopic (exact) mass is 222 g/mol. The van der Waals surface area contributed by atoms with Crippen LogP contribution in [0.3, 0.4) is 0 Å². The Morgan fingerprint density at radius 1 is 1.29 bits per heavy atom. The molecule has 0 aliphatic rings. The summed E-state index contributed by atoms with van der Waals surface area (Å²) in [7, 11) is 0. The van der Waals surface area contributed by atoms with Gasteiger partial charge in [0, 0.05) is 9.58 Å². The number of rotatable bonds is 3. The third-order valence-electron chi connectivity index (χ3n) is 2.50. The van der Waals surface area contributed by atoms with Gasteiger partial charge in [-0.25, -0.2) is 0 Å². The molecule has 0 aliphatic heterocycles. The van der Waals surface area contributed by atoms with Crippen molar-refractivity contribution in [2.24, 2.45) is 0 Å². The average Bonchev–Trinajstić information content (AvgIpc) is 2.54. The van der Waals surface area contributed by atoms with Gasteiger partial charge in [0.2, 0.25) is 0 Å². The van der Waals surface area contributed by atoms with Gasteiger partial charge in [-0.05, 0) is 42.5 Å². The van der Waals surface area contributed by atoms with Gasteiger partial charge in [-0.15, -0.1) is 11.3 Å². The minimum Gasteiger partial charge on any atom is -0.179 e. The van der Waals surface area contributed by atoms with E-state index in [1.807, 2.05) is 11.3 Å². The van der Waals surface area contributed by atoms with Crippen molar-refractivity contribution >= 4 is 34.1 Å². The van der Waals surface area contributed by atoms with Crippen molar-refractivity contribution in [3.05, 3.63) is 34.7 Å². The predicted molar refractivity (Wildman–Crippen MR) is 68.7 cm³/mol. The molecule has 0 amide bonds. The number of benzene rings is 1. The van der Waals surface area contributed by atoms with E-state index in [-0.39, 0.29) is 0 Å². The van der Waals surface area contributed by atoms with Gasteiger partial charge in [0.25, 0.3) is 0 Å². The molecule has 0 saturated carbocycles. The van der Waals surface area contributed by atoms with Crippen LogP contribution in [-0.4, -0.2) is 5.75 Å². The predicted octanol–water partition coefficient (Wildman–Crippen LogP) is 4.07. The van der Waals surface area contributed by atoms with E-state index in [1.54, 1.807) is 0 Å². The number of hydrogen-bond donors (Lipinski definition) is 1. The maximum absolute atomic E-state index is 4.25. The summed E-state index contributed by atoms with van der Waals surface area (Å²) in [5, 5.41) is 1.42. The Morgan fingerprint density at radius 3 is 2.79 bits per heavy atom. The largest absolute Gasteiger partial charge is 0.179 e. The molecule has 0 nitrogen and oxygen atoms in total. The second kappa shape index (κ2) is 4.37. The average molecular weight is 222 g/mol. The number of thiophene rings is 1. The van der Waals surface area contributed by atoms with E-state index >= 15 is 0 Å². The number of aryl methyl sites for hydroxylation is 2. The van der Waals surface area contributed by atoms with Crippen molar-refractivity contribution in [3.63, 3.8) is 0 Å². The highest BCUT2D eigenvalue weighted by Gasteiger charge is 2.06. The summed E-state index contributed by atoms with van der Waals surface area (Å²) in [6.07, 6.45) is 2.35. The van der Waals surface area contributed by atoms with Crippen molar-refractivity contribution < 1.29 is 0 Å². The van der Waals surface area contributed by atoms with Gasteiger partial charge >= 0.3 is 0 Å². The number of fused-ring (bicyclic) bond motifs is 1. The highest BCUT2D eigenvalue weighted by molar-refractivity contribution is 7.80. The van der Waals surface area contributed by atoms with Crippen molar-refractivity contribution in [1.82, 2.24) is 0 Å². The lowest BCUT2D eigenvalue weighted by atomic mass is 10.1. The molecule has 0 fully saturated rings. The molecule has 0 unspecified atom stereocenters. The Labute approximate surface area is 94.4 Å². The molecule has 0 N–H and O–H groups in total. The van der Waals surface area contributed by atoms with Crippen LogP contribution in [0.5, 0.6) is 0 Å². The molecule has 2 aromatic rings. The van der Waals surface area contributed by atoms with Crippen LogP contribution in [0.2, 0.25) is 0 Å². The van der Waals surface area contributed by atoms with Crippen LogP contribution in [0, 0.1) is 6.92 Å².